The predicted octanol–water partition coefficient (Wildman–Crippen LogP) is 3.19. The summed E-state index contributed by atoms with van der Waals surface area (Å²) in [6.07, 6.45) is 5.58. The molecule has 0 aliphatic rings. The average Bonchev–Trinajstić information content (AvgIpc) is 2.04. The van der Waals surface area contributed by atoms with Gasteiger partial charge in [-0.05, 0) is 40.4 Å². The van der Waals surface area contributed by atoms with E-state index >= 15 is 0 Å². The van der Waals surface area contributed by atoms with Gasteiger partial charge in [0.1, 0.15) is 4.60 Å². The Bertz CT molecular complexity index is 205. The van der Waals surface area contributed by atoms with Crippen molar-refractivity contribution in [2.45, 2.75) is 26.2 Å². The summed E-state index contributed by atoms with van der Waals surface area (Å²) in [7, 11) is 0. The topological polar surface area (TPSA) is 12.9 Å². The molecule has 2 heteroatoms. The number of hydrogen-bond donors (Lipinski definition) is 0. The second-order valence-corrected chi connectivity index (χ2v) is 3.41. The third-order valence-corrected chi connectivity index (χ3v) is 2.08. The van der Waals surface area contributed by atoms with Gasteiger partial charge in [-0.3, -0.25) is 0 Å². The van der Waals surface area contributed by atoms with Crippen molar-refractivity contribution in [3.8, 4) is 0 Å². The first-order chi connectivity index (χ1) is 5.33. The van der Waals surface area contributed by atoms with Gasteiger partial charge in [0, 0.05) is 6.20 Å². The Labute approximate surface area is 76.0 Å². The highest BCUT2D eigenvalue weighted by atomic mass is 79.9. The van der Waals surface area contributed by atoms with Crippen LogP contribution in [0.2, 0.25) is 0 Å². The van der Waals surface area contributed by atoms with Crippen LogP contribution in [0.5, 0.6) is 0 Å². The lowest BCUT2D eigenvalue weighted by Crippen LogP contribution is -1.85. The van der Waals surface area contributed by atoms with Gasteiger partial charge in [0.25, 0.3) is 0 Å². The summed E-state index contributed by atoms with van der Waals surface area (Å²) in [5, 5.41) is 0. The fraction of sp³-hybridized carbons (Fsp3) is 0.444. The summed E-state index contributed by atoms with van der Waals surface area (Å²) in [5.74, 6) is 0. The van der Waals surface area contributed by atoms with E-state index in [1.807, 2.05) is 12.3 Å². The Hall–Kier alpha value is -0.370. The molecule has 0 aromatic carbocycles. The highest BCUT2D eigenvalue weighted by molar-refractivity contribution is 9.10. The summed E-state index contributed by atoms with van der Waals surface area (Å²) in [6, 6.07) is 4.11. The van der Waals surface area contributed by atoms with Gasteiger partial charge >= 0.3 is 0 Å². The van der Waals surface area contributed by atoms with Gasteiger partial charge in [0.15, 0.2) is 0 Å². The molecule has 0 spiro atoms. The van der Waals surface area contributed by atoms with E-state index in [2.05, 4.69) is 33.9 Å². The fourth-order valence-electron chi connectivity index (χ4n) is 0.935. The van der Waals surface area contributed by atoms with Crippen LogP contribution in [0.15, 0.2) is 22.9 Å². The van der Waals surface area contributed by atoms with E-state index < -0.39 is 0 Å². The van der Waals surface area contributed by atoms with E-state index in [-0.39, 0.29) is 0 Å². The van der Waals surface area contributed by atoms with E-state index in [9.17, 15) is 0 Å². The Morgan fingerprint density at radius 3 is 2.82 bits per heavy atom. The zero-order valence-electron chi connectivity index (χ0n) is 6.68. The normalized spacial score (nSPS) is 10.0. The number of unbranched alkanes of at least 4 members (excludes halogenated alkanes) is 1. The van der Waals surface area contributed by atoms with E-state index in [4.69, 9.17) is 0 Å². The molecule has 0 saturated heterocycles. The van der Waals surface area contributed by atoms with Crippen molar-refractivity contribution >= 4 is 15.9 Å². The summed E-state index contributed by atoms with van der Waals surface area (Å²) in [4.78, 5) is 4.15. The lowest BCUT2D eigenvalue weighted by molar-refractivity contribution is 0.791. The molecule has 1 heterocycles. The van der Waals surface area contributed by atoms with E-state index in [1.54, 1.807) is 0 Å². The van der Waals surface area contributed by atoms with Crippen molar-refractivity contribution in [2.24, 2.45) is 0 Å². The quantitative estimate of drug-likeness (QED) is 0.704. The molecule has 1 nitrogen and oxygen atoms in total. The number of pyridine rings is 1. The van der Waals surface area contributed by atoms with Crippen LogP contribution in [0.4, 0.5) is 0 Å². The van der Waals surface area contributed by atoms with Crippen molar-refractivity contribution in [2.75, 3.05) is 0 Å². The monoisotopic (exact) mass is 213 g/mol. The van der Waals surface area contributed by atoms with Crippen molar-refractivity contribution in [3.63, 3.8) is 0 Å². The smallest absolute Gasteiger partial charge is 0.106 e. The van der Waals surface area contributed by atoms with Crippen LogP contribution in [0, 0.1) is 0 Å². The van der Waals surface area contributed by atoms with Crippen LogP contribution in [0.25, 0.3) is 0 Å². The predicted molar refractivity (Wildman–Crippen MR) is 50.5 cm³/mol. The summed E-state index contributed by atoms with van der Waals surface area (Å²) in [5.41, 5.74) is 1.33. The Morgan fingerprint density at radius 2 is 2.27 bits per heavy atom. The summed E-state index contributed by atoms with van der Waals surface area (Å²) in [6.45, 7) is 2.20. The standard InChI is InChI=1S/C9H12BrN/c1-2-3-4-8-5-6-9(10)11-7-8/h5-7H,2-4H2,1H3. The second-order valence-electron chi connectivity index (χ2n) is 2.59. The van der Waals surface area contributed by atoms with E-state index in [0.29, 0.717) is 0 Å². The third-order valence-electron chi connectivity index (χ3n) is 1.61. The molecular weight excluding hydrogens is 202 g/mol. The first-order valence-corrected chi connectivity index (χ1v) is 4.72. The van der Waals surface area contributed by atoms with Gasteiger partial charge in [-0.1, -0.05) is 19.4 Å². The van der Waals surface area contributed by atoms with Gasteiger partial charge in [-0.2, -0.15) is 0 Å². The van der Waals surface area contributed by atoms with Gasteiger partial charge in [-0.25, -0.2) is 4.98 Å². The van der Waals surface area contributed by atoms with Gasteiger partial charge in [0.2, 0.25) is 0 Å². The third kappa shape index (κ3) is 3.02. The molecule has 0 fully saturated rings. The minimum atomic E-state index is 0.915. The molecule has 0 atom stereocenters. The minimum Gasteiger partial charge on any atom is -0.249 e. The van der Waals surface area contributed by atoms with Crippen LogP contribution in [0.3, 0.4) is 0 Å². The molecular formula is C9H12BrN. The Kier molecular flexibility index (Phi) is 3.57. The molecule has 11 heavy (non-hydrogen) atoms. The molecule has 0 unspecified atom stereocenters. The summed E-state index contributed by atoms with van der Waals surface area (Å²) >= 11 is 3.30. The highest BCUT2D eigenvalue weighted by Crippen LogP contribution is 2.08. The molecule has 0 saturated carbocycles. The van der Waals surface area contributed by atoms with Crippen LogP contribution in [-0.2, 0) is 6.42 Å². The van der Waals surface area contributed by atoms with Gasteiger partial charge in [0.05, 0.1) is 0 Å². The maximum absolute atomic E-state index is 4.15. The number of halogens is 1. The zero-order valence-corrected chi connectivity index (χ0v) is 8.26. The van der Waals surface area contributed by atoms with E-state index in [1.165, 1.54) is 18.4 Å². The Balaban J connectivity index is 2.52. The van der Waals surface area contributed by atoms with Gasteiger partial charge in [-0.15, -0.1) is 0 Å². The molecule has 0 N–H and O–H groups in total. The minimum absolute atomic E-state index is 0.915. The fourth-order valence-corrected chi connectivity index (χ4v) is 1.17. The second kappa shape index (κ2) is 4.50. The number of aromatic nitrogens is 1. The highest BCUT2D eigenvalue weighted by Gasteiger charge is 1.91. The number of nitrogens with zero attached hydrogens (tertiary/aromatic N) is 1. The first-order valence-electron chi connectivity index (χ1n) is 3.93. The van der Waals surface area contributed by atoms with Crippen LogP contribution < -0.4 is 0 Å². The molecule has 0 aliphatic carbocycles. The molecule has 60 valence electrons. The lowest BCUT2D eigenvalue weighted by Gasteiger charge is -1.97. The zero-order chi connectivity index (χ0) is 8.10. The lowest BCUT2D eigenvalue weighted by atomic mass is 10.1. The number of aryl methyl sites for hydroxylation is 1. The summed E-state index contributed by atoms with van der Waals surface area (Å²) < 4.78 is 0.915. The van der Waals surface area contributed by atoms with Crippen molar-refractivity contribution in [3.05, 3.63) is 28.5 Å². The molecule has 0 bridgehead atoms. The van der Waals surface area contributed by atoms with Gasteiger partial charge < -0.3 is 0 Å². The molecule has 1 aromatic heterocycles. The van der Waals surface area contributed by atoms with Crippen LogP contribution in [0.1, 0.15) is 25.3 Å². The van der Waals surface area contributed by atoms with Crippen LogP contribution >= 0.6 is 15.9 Å². The first kappa shape index (κ1) is 8.72. The molecule has 1 aromatic rings. The van der Waals surface area contributed by atoms with Crippen molar-refractivity contribution < 1.29 is 0 Å². The van der Waals surface area contributed by atoms with Crippen molar-refractivity contribution in [1.29, 1.82) is 0 Å². The SMILES string of the molecule is CCCCc1ccc(Br)nc1. The molecule has 1 rings (SSSR count). The number of rotatable bonds is 3. The molecule has 0 amide bonds. The Morgan fingerprint density at radius 1 is 1.45 bits per heavy atom. The van der Waals surface area contributed by atoms with E-state index in [0.717, 1.165) is 11.0 Å². The maximum Gasteiger partial charge on any atom is 0.106 e. The number of hydrogen-bond acceptors (Lipinski definition) is 1. The van der Waals surface area contributed by atoms with Crippen molar-refractivity contribution in [1.82, 2.24) is 4.98 Å². The molecule has 0 aliphatic heterocycles. The maximum atomic E-state index is 4.15. The average molecular weight is 214 g/mol. The molecule has 0 radical (unpaired) electrons. The largest absolute Gasteiger partial charge is 0.249 e. The van der Waals surface area contributed by atoms with Crippen LogP contribution in [-0.4, -0.2) is 4.98 Å².